The second-order valence-electron chi connectivity index (χ2n) is 9.32. The number of piperidine rings is 1. The molecule has 1 N–H and O–H groups in total. The maximum atomic E-state index is 13.9. The maximum absolute atomic E-state index is 13.9. The Morgan fingerprint density at radius 2 is 1.97 bits per heavy atom. The molecule has 0 unspecified atom stereocenters. The third-order valence-corrected chi connectivity index (χ3v) is 8.12. The molecule has 39 heavy (non-hydrogen) atoms. The van der Waals surface area contributed by atoms with Crippen LogP contribution in [-0.2, 0) is 14.3 Å². The van der Waals surface area contributed by atoms with Crippen molar-refractivity contribution < 1.29 is 33.4 Å². The van der Waals surface area contributed by atoms with Crippen LogP contribution >= 0.6 is 11.3 Å². The van der Waals surface area contributed by atoms with Crippen LogP contribution in [0, 0.1) is 11.3 Å². The fraction of sp³-hybridized carbons (Fsp3) is 0.321. The first-order chi connectivity index (χ1) is 18.8. The predicted octanol–water partition coefficient (Wildman–Crippen LogP) is 3.92. The summed E-state index contributed by atoms with van der Waals surface area (Å²) in [6.45, 7) is 2.29. The molecule has 0 bridgehead atoms. The Hall–Kier alpha value is -4.43. The normalized spacial score (nSPS) is 15.7. The lowest BCUT2D eigenvalue weighted by molar-refractivity contribution is -0.152. The molecule has 3 aromatic rings. The first-order valence-electron chi connectivity index (χ1n) is 12.4. The number of benzene rings is 2. The van der Waals surface area contributed by atoms with E-state index in [-0.39, 0.29) is 35.3 Å². The van der Waals surface area contributed by atoms with Crippen LogP contribution < -0.4 is 14.8 Å². The lowest BCUT2D eigenvalue weighted by Gasteiger charge is -2.44. The van der Waals surface area contributed by atoms with Gasteiger partial charge in [-0.15, -0.1) is 11.3 Å². The summed E-state index contributed by atoms with van der Waals surface area (Å²) in [6.07, 6.45) is 1.02. The highest BCUT2D eigenvalue weighted by molar-refractivity contribution is 7.24. The molecule has 2 aliphatic rings. The van der Waals surface area contributed by atoms with Crippen LogP contribution in [0.25, 0.3) is 10.1 Å². The summed E-state index contributed by atoms with van der Waals surface area (Å²) >= 11 is 1.14. The summed E-state index contributed by atoms with van der Waals surface area (Å²) in [6, 6.07) is 12.1. The summed E-state index contributed by atoms with van der Waals surface area (Å²) in [4.78, 5) is 52.9. The molecular weight excluding hydrogens is 522 g/mol. The molecule has 0 saturated carbocycles. The topological polar surface area (TPSA) is 135 Å². The molecule has 0 aliphatic carbocycles. The lowest BCUT2D eigenvalue weighted by Crippen LogP contribution is -2.52. The van der Waals surface area contributed by atoms with E-state index in [1.54, 1.807) is 48.2 Å². The number of nitrogens with zero attached hydrogens (tertiary/aromatic N) is 2. The van der Waals surface area contributed by atoms with E-state index < -0.39 is 17.5 Å². The van der Waals surface area contributed by atoms with E-state index in [2.05, 4.69) is 5.32 Å². The highest BCUT2D eigenvalue weighted by Crippen LogP contribution is 2.43. The predicted molar refractivity (Wildman–Crippen MR) is 142 cm³/mol. The highest BCUT2D eigenvalue weighted by Gasteiger charge is 2.44. The molecule has 5 rings (SSSR count). The van der Waals surface area contributed by atoms with E-state index in [4.69, 9.17) is 19.5 Å². The number of hydrogen-bond donors (Lipinski definition) is 1. The molecule has 2 amide bonds. The van der Waals surface area contributed by atoms with Gasteiger partial charge in [0.1, 0.15) is 22.1 Å². The lowest BCUT2D eigenvalue weighted by atomic mass is 9.82. The second kappa shape index (κ2) is 10.4. The van der Waals surface area contributed by atoms with E-state index in [0.29, 0.717) is 58.6 Å². The number of nitriles is 1. The van der Waals surface area contributed by atoms with E-state index in [1.807, 2.05) is 6.07 Å². The zero-order valence-electron chi connectivity index (χ0n) is 21.4. The van der Waals surface area contributed by atoms with Crippen molar-refractivity contribution in [3.63, 3.8) is 0 Å². The van der Waals surface area contributed by atoms with Gasteiger partial charge in [0, 0.05) is 31.3 Å². The summed E-state index contributed by atoms with van der Waals surface area (Å²) in [5.41, 5.74) is 0.319. The molecule has 1 spiro atoms. The number of rotatable bonds is 4. The second-order valence-corrected chi connectivity index (χ2v) is 10.3. The molecule has 10 nitrogen and oxygen atoms in total. The van der Waals surface area contributed by atoms with Gasteiger partial charge in [-0.3, -0.25) is 14.4 Å². The van der Waals surface area contributed by atoms with Crippen LogP contribution in [0.15, 0.2) is 36.4 Å². The van der Waals surface area contributed by atoms with Gasteiger partial charge in [-0.25, -0.2) is 4.79 Å². The van der Waals surface area contributed by atoms with Crippen LogP contribution in [0.1, 0.15) is 52.5 Å². The summed E-state index contributed by atoms with van der Waals surface area (Å²) < 4.78 is 17.2. The van der Waals surface area contributed by atoms with Crippen LogP contribution in [-0.4, -0.2) is 60.9 Å². The smallest absolute Gasteiger partial charge is 0.397 e. The van der Waals surface area contributed by atoms with E-state index in [0.717, 1.165) is 11.3 Å². The van der Waals surface area contributed by atoms with Crippen LogP contribution in [0.3, 0.4) is 0 Å². The number of amides is 2. The van der Waals surface area contributed by atoms with Crippen LogP contribution in [0.2, 0.25) is 0 Å². The number of Topliss-reactive ketones (excluding diaryl/α,β-unsaturated/α-hetero) is 1. The minimum atomic E-state index is -1.04. The number of ether oxygens (including phenoxy) is 3. The number of methoxy groups -OCH3 is 1. The molecule has 0 radical (unpaired) electrons. The summed E-state index contributed by atoms with van der Waals surface area (Å²) in [5, 5.41) is 12.5. The summed E-state index contributed by atoms with van der Waals surface area (Å²) in [5.74, 6) is -1.43. The minimum Gasteiger partial charge on any atom is -0.495 e. The Morgan fingerprint density at radius 1 is 1.21 bits per heavy atom. The minimum absolute atomic E-state index is 0.0440. The first-order valence-corrected chi connectivity index (χ1v) is 13.2. The van der Waals surface area contributed by atoms with Crippen molar-refractivity contribution in [2.24, 2.45) is 0 Å². The number of carbonyl (C=O) groups excluding carboxylic acids is 4. The standard InChI is InChI=1S/C28H25N3O7S/c1-3-37-27(35)24(33)30-25-22(17-5-4-6-21(36-2)23(17)39-25)26(34)31-11-9-28(10-12-31)14-19(32)18-13-16(15-29)7-8-20(18)38-28/h4-8,13H,3,9-12,14H2,1-2H3,(H,30,33). The zero-order chi connectivity index (χ0) is 27.7. The third kappa shape index (κ3) is 4.79. The van der Waals surface area contributed by atoms with Gasteiger partial charge in [0.15, 0.2) is 5.78 Å². The monoisotopic (exact) mass is 547 g/mol. The fourth-order valence-electron chi connectivity index (χ4n) is 5.02. The highest BCUT2D eigenvalue weighted by atomic mass is 32.1. The number of anilines is 1. The molecule has 2 aromatic carbocycles. The van der Waals surface area contributed by atoms with Gasteiger partial charge in [-0.05, 0) is 31.2 Å². The number of hydrogen-bond acceptors (Lipinski definition) is 9. The van der Waals surface area contributed by atoms with Gasteiger partial charge >= 0.3 is 11.9 Å². The quantitative estimate of drug-likeness (QED) is 0.384. The van der Waals surface area contributed by atoms with Crippen molar-refractivity contribution in [1.29, 1.82) is 5.26 Å². The molecule has 1 saturated heterocycles. The van der Waals surface area contributed by atoms with E-state index >= 15 is 0 Å². The average molecular weight is 548 g/mol. The van der Waals surface area contributed by atoms with Gasteiger partial charge in [0.25, 0.3) is 5.91 Å². The molecule has 11 heteroatoms. The van der Waals surface area contributed by atoms with Crippen molar-refractivity contribution in [3.05, 3.63) is 53.1 Å². The number of nitrogens with one attached hydrogen (secondary N) is 1. The largest absolute Gasteiger partial charge is 0.495 e. The number of thiophene rings is 1. The van der Waals surface area contributed by atoms with E-state index in [9.17, 15) is 19.2 Å². The number of esters is 1. The first kappa shape index (κ1) is 26.2. The van der Waals surface area contributed by atoms with Crippen LogP contribution in [0.4, 0.5) is 5.00 Å². The molecule has 1 aromatic heterocycles. The maximum Gasteiger partial charge on any atom is 0.397 e. The molecule has 3 heterocycles. The van der Waals surface area contributed by atoms with E-state index in [1.165, 1.54) is 7.11 Å². The van der Waals surface area contributed by atoms with Crippen molar-refractivity contribution in [3.8, 4) is 17.6 Å². The zero-order valence-corrected chi connectivity index (χ0v) is 22.2. The molecule has 1 fully saturated rings. The molecule has 2 aliphatic heterocycles. The summed E-state index contributed by atoms with van der Waals surface area (Å²) in [7, 11) is 1.52. The van der Waals surface area contributed by atoms with Gasteiger partial charge in [-0.2, -0.15) is 5.26 Å². The van der Waals surface area contributed by atoms with Gasteiger partial charge in [0.2, 0.25) is 0 Å². The Labute approximate surface area is 228 Å². The van der Waals surface area contributed by atoms with Gasteiger partial charge in [0.05, 0.1) is 47.6 Å². The number of fused-ring (bicyclic) bond motifs is 2. The average Bonchev–Trinajstić information content (AvgIpc) is 3.31. The molecular formula is C28H25N3O7S. The Morgan fingerprint density at radius 3 is 2.67 bits per heavy atom. The van der Waals surface area contributed by atoms with Crippen LogP contribution in [0.5, 0.6) is 11.5 Å². The Bertz CT molecular complexity index is 1550. The number of ketones is 1. The van der Waals surface area contributed by atoms with Crippen molar-refractivity contribution in [1.82, 2.24) is 4.90 Å². The van der Waals surface area contributed by atoms with Crippen molar-refractivity contribution >= 4 is 50.0 Å². The molecule has 200 valence electrons. The SMILES string of the molecule is CCOC(=O)C(=O)Nc1sc2c(OC)cccc2c1C(=O)N1CCC2(CC1)CC(=O)c1cc(C#N)ccc1O2. The number of likely N-dealkylation sites (tertiary alicyclic amines) is 1. The number of carbonyl (C=O) groups is 4. The van der Waals surface area contributed by atoms with Gasteiger partial charge in [-0.1, -0.05) is 12.1 Å². The van der Waals surface area contributed by atoms with Crippen molar-refractivity contribution in [2.45, 2.75) is 31.8 Å². The Balaban J connectivity index is 1.40. The third-order valence-electron chi connectivity index (χ3n) is 6.98. The Kier molecular flexibility index (Phi) is 6.97. The van der Waals surface area contributed by atoms with Crippen molar-refractivity contribution in [2.75, 3.05) is 32.1 Å². The fourth-order valence-corrected chi connectivity index (χ4v) is 6.20. The van der Waals surface area contributed by atoms with Gasteiger partial charge < -0.3 is 24.4 Å². The molecule has 0 atom stereocenters.